The standard InChI is InChI=1S/C15H22N4O4/c1-10(15(22)23)17-14(21)11-7-16-19(8-11)9-13(20)18-12-5-3-2-4-6-12/h7-8,10,12H,2-6,9H2,1H3,(H,17,21)(H,18,20)(H,22,23)/t10-/m1/s1. The van der Waals surface area contributed by atoms with Gasteiger partial charge in [-0.1, -0.05) is 19.3 Å². The predicted molar refractivity (Wildman–Crippen MR) is 81.8 cm³/mol. The van der Waals surface area contributed by atoms with Crippen molar-refractivity contribution in [2.75, 3.05) is 0 Å². The topological polar surface area (TPSA) is 113 Å². The van der Waals surface area contributed by atoms with Crippen molar-refractivity contribution in [1.82, 2.24) is 20.4 Å². The lowest BCUT2D eigenvalue weighted by molar-refractivity contribution is -0.138. The average Bonchev–Trinajstić information content (AvgIpc) is 2.96. The van der Waals surface area contributed by atoms with E-state index in [-0.39, 0.29) is 24.1 Å². The highest BCUT2D eigenvalue weighted by molar-refractivity contribution is 5.96. The third-order valence-electron chi connectivity index (χ3n) is 3.89. The molecule has 0 unspecified atom stereocenters. The van der Waals surface area contributed by atoms with Gasteiger partial charge < -0.3 is 15.7 Å². The Labute approximate surface area is 134 Å². The van der Waals surface area contributed by atoms with E-state index in [0.29, 0.717) is 0 Å². The van der Waals surface area contributed by atoms with E-state index in [1.165, 1.54) is 30.4 Å². The maximum Gasteiger partial charge on any atom is 0.325 e. The second-order valence-electron chi connectivity index (χ2n) is 5.86. The predicted octanol–water partition coefficient (Wildman–Crippen LogP) is 0.535. The molecule has 1 atom stereocenters. The van der Waals surface area contributed by atoms with E-state index >= 15 is 0 Å². The lowest BCUT2D eigenvalue weighted by atomic mass is 9.95. The van der Waals surface area contributed by atoms with Crippen LogP contribution in [-0.4, -0.2) is 44.8 Å². The van der Waals surface area contributed by atoms with E-state index < -0.39 is 17.9 Å². The first-order valence-corrected chi connectivity index (χ1v) is 7.81. The van der Waals surface area contributed by atoms with Crippen LogP contribution in [-0.2, 0) is 16.1 Å². The molecule has 1 saturated carbocycles. The second kappa shape index (κ2) is 7.75. The third-order valence-corrected chi connectivity index (χ3v) is 3.89. The number of carbonyl (C=O) groups is 3. The molecule has 1 aliphatic carbocycles. The first-order valence-electron chi connectivity index (χ1n) is 7.81. The van der Waals surface area contributed by atoms with Gasteiger partial charge in [-0.15, -0.1) is 0 Å². The minimum Gasteiger partial charge on any atom is -0.480 e. The number of hydrogen-bond acceptors (Lipinski definition) is 4. The molecule has 0 aromatic carbocycles. The molecule has 1 aromatic heterocycles. The maximum atomic E-state index is 12.0. The van der Waals surface area contributed by atoms with Crippen LogP contribution in [0, 0.1) is 0 Å². The maximum absolute atomic E-state index is 12.0. The molecule has 1 aromatic rings. The van der Waals surface area contributed by atoms with Crippen molar-refractivity contribution in [1.29, 1.82) is 0 Å². The Morgan fingerprint density at radius 3 is 2.70 bits per heavy atom. The number of carboxylic acid groups (broad SMARTS) is 1. The Balaban J connectivity index is 1.85. The van der Waals surface area contributed by atoms with Crippen LogP contribution in [0.5, 0.6) is 0 Å². The normalized spacial score (nSPS) is 16.6. The molecule has 1 heterocycles. The Bertz CT molecular complexity index is 578. The van der Waals surface area contributed by atoms with E-state index in [4.69, 9.17) is 5.11 Å². The fourth-order valence-electron chi connectivity index (χ4n) is 2.58. The highest BCUT2D eigenvalue weighted by Crippen LogP contribution is 2.17. The number of rotatable bonds is 6. The Morgan fingerprint density at radius 2 is 2.04 bits per heavy atom. The van der Waals surface area contributed by atoms with Crippen LogP contribution in [0.25, 0.3) is 0 Å². The molecule has 126 valence electrons. The summed E-state index contributed by atoms with van der Waals surface area (Å²) < 4.78 is 1.37. The zero-order valence-corrected chi connectivity index (χ0v) is 13.1. The summed E-state index contributed by atoms with van der Waals surface area (Å²) >= 11 is 0. The Hall–Kier alpha value is -2.38. The first kappa shape index (κ1) is 17.0. The van der Waals surface area contributed by atoms with Crippen LogP contribution in [0.15, 0.2) is 12.4 Å². The monoisotopic (exact) mass is 322 g/mol. The van der Waals surface area contributed by atoms with Gasteiger partial charge in [-0.25, -0.2) is 0 Å². The molecule has 23 heavy (non-hydrogen) atoms. The van der Waals surface area contributed by atoms with Gasteiger partial charge in [0.05, 0.1) is 11.8 Å². The summed E-state index contributed by atoms with van der Waals surface area (Å²) in [6.45, 7) is 1.42. The number of nitrogens with zero attached hydrogens (tertiary/aromatic N) is 2. The number of amides is 2. The van der Waals surface area contributed by atoms with Gasteiger partial charge in [0.25, 0.3) is 5.91 Å². The summed E-state index contributed by atoms with van der Waals surface area (Å²) in [6, 6.07) is -0.758. The van der Waals surface area contributed by atoms with Crippen molar-refractivity contribution in [3.63, 3.8) is 0 Å². The quantitative estimate of drug-likeness (QED) is 0.707. The lowest BCUT2D eigenvalue weighted by Crippen LogP contribution is -2.38. The van der Waals surface area contributed by atoms with Crippen molar-refractivity contribution in [3.05, 3.63) is 18.0 Å². The summed E-state index contributed by atoms with van der Waals surface area (Å²) in [5.41, 5.74) is 0.226. The van der Waals surface area contributed by atoms with E-state index in [0.717, 1.165) is 25.7 Å². The lowest BCUT2D eigenvalue weighted by Gasteiger charge is -2.22. The first-order chi connectivity index (χ1) is 11.0. The molecule has 0 aliphatic heterocycles. The fourth-order valence-corrected chi connectivity index (χ4v) is 2.58. The van der Waals surface area contributed by atoms with Crippen molar-refractivity contribution in [2.24, 2.45) is 0 Å². The van der Waals surface area contributed by atoms with E-state index in [1.54, 1.807) is 0 Å². The molecule has 0 radical (unpaired) electrons. The molecule has 8 nitrogen and oxygen atoms in total. The van der Waals surface area contributed by atoms with Crippen molar-refractivity contribution in [2.45, 2.75) is 57.7 Å². The molecule has 3 N–H and O–H groups in total. The summed E-state index contributed by atoms with van der Waals surface area (Å²) in [4.78, 5) is 34.5. The third kappa shape index (κ3) is 5.08. The second-order valence-corrected chi connectivity index (χ2v) is 5.86. The Morgan fingerprint density at radius 1 is 1.35 bits per heavy atom. The number of hydrogen-bond donors (Lipinski definition) is 3. The largest absolute Gasteiger partial charge is 0.480 e. The van der Waals surface area contributed by atoms with Crippen LogP contribution < -0.4 is 10.6 Å². The molecule has 0 bridgehead atoms. The summed E-state index contributed by atoms with van der Waals surface area (Å²) in [6.07, 6.45) is 8.26. The fraction of sp³-hybridized carbons (Fsp3) is 0.600. The average molecular weight is 322 g/mol. The number of nitrogens with one attached hydrogen (secondary N) is 2. The zero-order valence-electron chi connectivity index (χ0n) is 13.1. The highest BCUT2D eigenvalue weighted by Gasteiger charge is 2.18. The molecule has 2 rings (SSSR count). The van der Waals surface area contributed by atoms with Crippen LogP contribution in [0.4, 0.5) is 0 Å². The zero-order chi connectivity index (χ0) is 16.8. The minimum absolute atomic E-state index is 0.0399. The van der Waals surface area contributed by atoms with Gasteiger partial charge >= 0.3 is 5.97 Å². The molecular weight excluding hydrogens is 300 g/mol. The van der Waals surface area contributed by atoms with Crippen LogP contribution >= 0.6 is 0 Å². The summed E-state index contributed by atoms with van der Waals surface area (Å²) in [5.74, 6) is -1.78. The van der Waals surface area contributed by atoms with Crippen LogP contribution in [0.2, 0.25) is 0 Å². The van der Waals surface area contributed by atoms with Crippen LogP contribution in [0.3, 0.4) is 0 Å². The molecule has 2 amide bonds. The van der Waals surface area contributed by atoms with Gasteiger partial charge in [0, 0.05) is 12.2 Å². The minimum atomic E-state index is -1.11. The number of aliphatic carboxylic acids is 1. The van der Waals surface area contributed by atoms with E-state index in [2.05, 4.69) is 15.7 Å². The van der Waals surface area contributed by atoms with Crippen molar-refractivity contribution in [3.8, 4) is 0 Å². The number of aromatic nitrogens is 2. The molecule has 8 heteroatoms. The molecule has 1 fully saturated rings. The van der Waals surface area contributed by atoms with Gasteiger partial charge in [0.15, 0.2) is 0 Å². The molecule has 1 aliphatic rings. The van der Waals surface area contributed by atoms with Gasteiger partial charge in [0.2, 0.25) is 5.91 Å². The summed E-state index contributed by atoms with van der Waals surface area (Å²) in [5, 5.41) is 18.0. The Kier molecular flexibility index (Phi) is 5.72. The number of carboxylic acids is 1. The van der Waals surface area contributed by atoms with Crippen molar-refractivity contribution >= 4 is 17.8 Å². The summed E-state index contributed by atoms with van der Waals surface area (Å²) in [7, 11) is 0. The SMILES string of the molecule is C[C@@H](NC(=O)c1cnn(CC(=O)NC2CCCCC2)c1)C(=O)O. The van der Waals surface area contributed by atoms with Gasteiger partial charge in [0.1, 0.15) is 12.6 Å². The van der Waals surface area contributed by atoms with E-state index in [1.807, 2.05) is 0 Å². The van der Waals surface area contributed by atoms with Crippen LogP contribution in [0.1, 0.15) is 49.4 Å². The highest BCUT2D eigenvalue weighted by atomic mass is 16.4. The smallest absolute Gasteiger partial charge is 0.325 e. The van der Waals surface area contributed by atoms with Gasteiger partial charge in [-0.05, 0) is 19.8 Å². The molecule has 0 saturated heterocycles. The molecule has 0 spiro atoms. The van der Waals surface area contributed by atoms with Gasteiger partial charge in [-0.2, -0.15) is 5.10 Å². The number of carbonyl (C=O) groups excluding carboxylic acids is 2. The van der Waals surface area contributed by atoms with Gasteiger partial charge in [-0.3, -0.25) is 19.1 Å². The van der Waals surface area contributed by atoms with E-state index in [9.17, 15) is 14.4 Å². The molecular formula is C15H22N4O4. The van der Waals surface area contributed by atoms with Crippen molar-refractivity contribution < 1.29 is 19.5 Å².